The summed E-state index contributed by atoms with van der Waals surface area (Å²) >= 11 is 0. The molecule has 6 nitrogen and oxygen atoms in total. The number of aldehydes is 1. The summed E-state index contributed by atoms with van der Waals surface area (Å²) in [6.45, 7) is 12.2. The van der Waals surface area contributed by atoms with Gasteiger partial charge in [-0.1, -0.05) is 38.1 Å². The van der Waals surface area contributed by atoms with E-state index in [2.05, 4.69) is 23.7 Å². The zero-order valence-corrected chi connectivity index (χ0v) is 24.1. The lowest BCUT2D eigenvalue weighted by molar-refractivity contribution is -0.146. The molecular formula is C33H39FN2O4. The first-order valence-corrected chi connectivity index (χ1v) is 14.0. The van der Waals surface area contributed by atoms with Gasteiger partial charge in [-0.15, -0.1) is 0 Å². The molecule has 0 spiro atoms. The van der Waals surface area contributed by atoms with Crippen LogP contribution in [-0.2, 0) is 22.4 Å². The number of ether oxygens (including phenoxy) is 2. The summed E-state index contributed by atoms with van der Waals surface area (Å²) in [4.78, 5) is 32.1. The van der Waals surface area contributed by atoms with Crippen molar-refractivity contribution in [2.45, 2.75) is 66.4 Å². The number of carbonyl (C=O) groups is 2. The Labute approximate surface area is 236 Å². The maximum atomic E-state index is 13.2. The summed E-state index contributed by atoms with van der Waals surface area (Å²) < 4.78 is 24.6. The number of anilines is 1. The normalized spacial score (nSPS) is 14.7. The standard InChI is InChI=1S/C33H39FN2O4/c1-22(2)40-30(38)20-28-23(3)35-29(21-37)31(32(28)36-17-15-33(4,5)16-18-36)25-8-12-27(13-9-25)39-19-14-24-6-10-26(34)11-7-24/h6-13,21-22H,14-20H2,1-5H3. The third-order valence-corrected chi connectivity index (χ3v) is 7.45. The van der Waals surface area contributed by atoms with Crippen LogP contribution >= 0.6 is 0 Å². The highest BCUT2D eigenvalue weighted by molar-refractivity contribution is 5.95. The van der Waals surface area contributed by atoms with E-state index >= 15 is 0 Å². The summed E-state index contributed by atoms with van der Waals surface area (Å²) in [5, 5.41) is 0. The molecule has 2 heterocycles. The molecule has 0 atom stereocenters. The Kier molecular flexibility index (Phi) is 9.23. The fourth-order valence-electron chi connectivity index (χ4n) is 5.12. The van der Waals surface area contributed by atoms with Crippen molar-refractivity contribution < 1.29 is 23.5 Å². The molecule has 1 aliphatic rings. The first kappa shape index (κ1) is 29.2. The fraction of sp³-hybridized carbons (Fsp3) is 0.424. The van der Waals surface area contributed by atoms with Crippen molar-refractivity contribution in [1.29, 1.82) is 0 Å². The van der Waals surface area contributed by atoms with Gasteiger partial charge in [0, 0.05) is 36.3 Å². The van der Waals surface area contributed by atoms with Crippen molar-refractivity contribution in [1.82, 2.24) is 4.98 Å². The van der Waals surface area contributed by atoms with Crippen LogP contribution in [0.4, 0.5) is 10.1 Å². The maximum Gasteiger partial charge on any atom is 0.310 e. The van der Waals surface area contributed by atoms with Gasteiger partial charge >= 0.3 is 5.97 Å². The minimum Gasteiger partial charge on any atom is -0.493 e. The van der Waals surface area contributed by atoms with Crippen LogP contribution in [0.2, 0.25) is 0 Å². The van der Waals surface area contributed by atoms with Gasteiger partial charge in [-0.05, 0) is 74.4 Å². The third-order valence-electron chi connectivity index (χ3n) is 7.45. The van der Waals surface area contributed by atoms with E-state index in [1.807, 2.05) is 45.0 Å². The average Bonchev–Trinajstić information content (AvgIpc) is 2.91. The molecule has 0 amide bonds. The van der Waals surface area contributed by atoms with E-state index in [0.29, 0.717) is 30.2 Å². The molecule has 7 heteroatoms. The lowest BCUT2D eigenvalue weighted by Crippen LogP contribution is -2.38. The number of hydrogen-bond acceptors (Lipinski definition) is 6. The summed E-state index contributed by atoms with van der Waals surface area (Å²) in [6.07, 6.45) is 3.32. The molecule has 3 aromatic rings. The molecule has 0 aliphatic carbocycles. The minimum atomic E-state index is -0.312. The van der Waals surface area contributed by atoms with Gasteiger partial charge in [-0.25, -0.2) is 9.37 Å². The summed E-state index contributed by atoms with van der Waals surface area (Å²) in [6, 6.07) is 14.0. The molecule has 0 radical (unpaired) electrons. The first-order valence-electron chi connectivity index (χ1n) is 14.0. The second kappa shape index (κ2) is 12.6. The topological polar surface area (TPSA) is 68.7 Å². The summed E-state index contributed by atoms with van der Waals surface area (Å²) in [5.74, 6) is 0.127. The number of benzene rings is 2. The van der Waals surface area contributed by atoms with E-state index in [1.54, 1.807) is 12.1 Å². The monoisotopic (exact) mass is 546 g/mol. The van der Waals surface area contributed by atoms with Crippen LogP contribution in [-0.4, -0.2) is 43.0 Å². The Bertz CT molecular complexity index is 1320. The molecule has 212 valence electrons. The fourth-order valence-corrected chi connectivity index (χ4v) is 5.12. The second-order valence-corrected chi connectivity index (χ2v) is 11.5. The first-order chi connectivity index (χ1) is 19.1. The molecule has 40 heavy (non-hydrogen) atoms. The molecule has 1 aliphatic heterocycles. The zero-order chi connectivity index (χ0) is 28.9. The second-order valence-electron chi connectivity index (χ2n) is 11.5. The van der Waals surface area contributed by atoms with Crippen molar-refractivity contribution in [2.24, 2.45) is 5.41 Å². The van der Waals surface area contributed by atoms with Crippen molar-refractivity contribution in [3.63, 3.8) is 0 Å². The van der Waals surface area contributed by atoms with E-state index in [4.69, 9.17) is 9.47 Å². The van der Waals surface area contributed by atoms with Crippen molar-refractivity contribution in [3.05, 3.63) is 76.9 Å². The van der Waals surface area contributed by atoms with Gasteiger partial charge in [0.25, 0.3) is 0 Å². The highest BCUT2D eigenvalue weighted by Gasteiger charge is 2.31. The molecule has 0 bridgehead atoms. The van der Waals surface area contributed by atoms with Gasteiger partial charge in [0.1, 0.15) is 17.3 Å². The number of esters is 1. The number of piperidine rings is 1. The van der Waals surface area contributed by atoms with E-state index in [-0.39, 0.29) is 29.7 Å². The van der Waals surface area contributed by atoms with Gasteiger partial charge < -0.3 is 14.4 Å². The highest BCUT2D eigenvalue weighted by atomic mass is 19.1. The molecule has 4 rings (SSSR count). The summed E-state index contributed by atoms with van der Waals surface area (Å²) in [7, 11) is 0. The van der Waals surface area contributed by atoms with E-state index in [0.717, 1.165) is 60.2 Å². The van der Waals surface area contributed by atoms with Gasteiger partial charge in [-0.3, -0.25) is 9.59 Å². The van der Waals surface area contributed by atoms with E-state index in [1.165, 1.54) is 12.1 Å². The number of pyridine rings is 1. The number of rotatable bonds is 10. The number of aryl methyl sites for hydroxylation is 1. The molecular weight excluding hydrogens is 507 g/mol. The SMILES string of the molecule is Cc1nc(C=O)c(-c2ccc(OCCc3ccc(F)cc3)cc2)c(N2CCC(C)(C)CC2)c1CC(=O)OC(C)C. The lowest BCUT2D eigenvalue weighted by Gasteiger charge is -2.40. The molecule has 0 N–H and O–H groups in total. The van der Waals surface area contributed by atoms with E-state index < -0.39 is 0 Å². The van der Waals surface area contributed by atoms with Crippen LogP contribution in [0.1, 0.15) is 67.8 Å². The third kappa shape index (κ3) is 7.26. The van der Waals surface area contributed by atoms with Crippen molar-refractivity contribution in [3.8, 4) is 16.9 Å². The van der Waals surface area contributed by atoms with Gasteiger partial charge in [-0.2, -0.15) is 0 Å². The Morgan fingerprint density at radius 3 is 2.33 bits per heavy atom. The lowest BCUT2D eigenvalue weighted by atomic mass is 9.82. The van der Waals surface area contributed by atoms with Gasteiger partial charge in [0.05, 0.1) is 24.8 Å². The van der Waals surface area contributed by atoms with Crippen LogP contribution in [0.5, 0.6) is 5.75 Å². The number of carbonyl (C=O) groups excluding carboxylic acids is 2. The molecule has 1 fully saturated rings. The quantitative estimate of drug-likeness (QED) is 0.207. The van der Waals surface area contributed by atoms with Crippen LogP contribution < -0.4 is 9.64 Å². The van der Waals surface area contributed by atoms with Crippen LogP contribution in [0.25, 0.3) is 11.1 Å². The predicted molar refractivity (Wildman–Crippen MR) is 156 cm³/mol. The number of aromatic nitrogens is 1. The van der Waals surface area contributed by atoms with Crippen molar-refractivity contribution >= 4 is 17.9 Å². The Balaban J connectivity index is 1.66. The van der Waals surface area contributed by atoms with Crippen LogP contribution in [0, 0.1) is 18.2 Å². The molecule has 1 saturated heterocycles. The van der Waals surface area contributed by atoms with E-state index in [9.17, 15) is 14.0 Å². The van der Waals surface area contributed by atoms with Crippen LogP contribution in [0.3, 0.4) is 0 Å². The smallest absolute Gasteiger partial charge is 0.310 e. The largest absolute Gasteiger partial charge is 0.493 e. The number of halogens is 1. The average molecular weight is 547 g/mol. The van der Waals surface area contributed by atoms with Gasteiger partial charge in [0.2, 0.25) is 0 Å². The Hall–Kier alpha value is -3.74. The zero-order valence-electron chi connectivity index (χ0n) is 24.1. The molecule has 2 aromatic carbocycles. The molecule has 0 unspecified atom stereocenters. The number of hydrogen-bond donors (Lipinski definition) is 0. The molecule has 1 aromatic heterocycles. The Morgan fingerprint density at radius 1 is 1.07 bits per heavy atom. The molecule has 0 saturated carbocycles. The highest BCUT2D eigenvalue weighted by Crippen LogP contribution is 2.41. The summed E-state index contributed by atoms with van der Waals surface area (Å²) in [5.41, 5.74) is 5.48. The maximum absolute atomic E-state index is 13.2. The Morgan fingerprint density at radius 2 is 1.73 bits per heavy atom. The van der Waals surface area contributed by atoms with Crippen molar-refractivity contribution in [2.75, 3.05) is 24.6 Å². The van der Waals surface area contributed by atoms with Gasteiger partial charge in [0.15, 0.2) is 6.29 Å². The minimum absolute atomic E-state index is 0.0863. The number of nitrogens with zero attached hydrogens (tertiary/aromatic N) is 2. The predicted octanol–water partition coefficient (Wildman–Crippen LogP) is 6.75. The van der Waals surface area contributed by atoms with Crippen LogP contribution in [0.15, 0.2) is 48.5 Å².